The second-order valence-electron chi connectivity index (χ2n) is 6.05. The average molecular weight is 375 g/mol. The molecule has 0 radical (unpaired) electrons. The summed E-state index contributed by atoms with van der Waals surface area (Å²) in [5.74, 6) is 0. The van der Waals surface area contributed by atoms with Gasteiger partial charge in [0.1, 0.15) is 0 Å². The van der Waals surface area contributed by atoms with Crippen molar-refractivity contribution < 1.29 is 4.92 Å². The maximum absolute atomic E-state index is 10.7. The smallest absolute Gasteiger partial charge is 0.269 e. The number of hydrogen-bond acceptors (Lipinski definition) is 3. The SMILES string of the molecule is C[C@@H](N[C@H]1CCc2cccc(Br)c2C1)c1ccc([N+](=O)[O-])cc1. The molecule has 1 N–H and O–H groups in total. The largest absolute Gasteiger partial charge is 0.307 e. The Labute approximate surface area is 144 Å². The van der Waals surface area contributed by atoms with Crippen molar-refractivity contribution >= 4 is 21.6 Å². The van der Waals surface area contributed by atoms with E-state index in [1.807, 2.05) is 12.1 Å². The van der Waals surface area contributed by atoms with Gasteiger partial charge in [-0.3, -0.25) is 10.1 Å². The maximum atomic E-state index is 10.7. The van der Waals surface area contributed by atoms with E-state index in [1.54, 1.807) is 12.1 Å². The highest BCUT2D eigenvalue weighted by atomic mass is 79.9. The summed E-state index contributed by atoms with van der Waals surface area (Å²) in [4.78, 5) is 10.4. The van der Waals surface area contributed by atoms with Crippen molar-refractivity contribution in [2.24, 2.45) is 0 Å². The van der Waals surface area contributed by atoms with Crippen LogP contribution < -0.4 is 5.32 Å². The predicted molar refractivity (Wildman–Crippen MR) is 94.6 cm³/mol. The Bertz CT molecular complexity index is 715. The summed E-state index contributed by atoms with van der Waals surface area (Å²) in [6.45, 7) is 2.11. The standard InChI is InChI=1S/C18H19BrN2O2/c1-12(13-6-9-16(10-7-13)21(22)23)20-15-8-5-14-3-2-4-18(19)17(14)11-15/h2-4,6-7,9-10,12,15,20H,5,8,11H2,1H3/t12-,15+/m1/s1. The quantitative estimate of drug-likeness (QED) is 0.629. The molecule has 0 aliphatic heterocycles. The lowest BCUT2D eigenvalue weighted by Gasteiger charge is -2.29. The normalized spacial score (nSPS) is 18.3. The molecule has 0 heterocycles. The minimum atomic E-state index is -0.364. The first-order chi connectivity index (χ1) is 11.0. The van der Waals surface area contributed by atoms with Crippen LogP contribution in [0.15, 0.2) is 46.9 Å². The van der Waals surface area contributed by atoms with Gasteiger partial charge in [0.25, 0.3) is 5.69 Å². The van der Waals surface area contributed by atoms with Gasteiger partial charge in [-0.15, -0.1) is 0 Å². The van der Waals surface area contributed by atoms with E-state index in [9.17, 15) is 10.1 Å². The van der Waals surface area contributed by atoms with E-state index in [1.165, 1.54) is 15.6 Å². The Morgan fingerprint density at radius 2 is 2.00 bits per heavy atom. The first-order valence-corrected chi connectivity index (χ1v) is 8.60. The van der Waals surface area contributed by atoms with Gasteiger partial charge in [0, 0.05) is 28.7 Å². The second kappa shape index (κ2) is 6.81. The van der Waals surface area contributed by atoms with E-state index < -0.39 is 0 Å². The van der Waals surface area contributed by atoms with Gasteiger partial charge in [0.15, 0.2) is 0 Å². The molecule has 2 aromatic carbocycles. The number of nitro benzene ring substituents is 1. The van der Waals surface area contributed by atoms with Crippen LogP contribution in [-0.4, -0.2) is 11.0 Å². The number of non-ortho nitro benzene ring substituents is 1. The Hall–Kier alpha value is -1.72. The molecule has 0 unspecified atom stereocenters. The summed E-state index contributed by atoms with van der Waals surface area (Å²) in [5.41, 5.74) is 4.04. The third kappa shape index (κ3) is 3.62. The van der Waals surface area contributed by atoms with E-state index in [0.717, 1.165) is 24.8 Å². The first-order valence-electron chi connectivity index (χ1n) is 7.81. The molecule has 0 fully saturated rings. The molecule has 1 aliphatic carbocycles. The molecule has 0 aromatic heterocycles. The Morgan fingerprint density at radius 1 is 1.26 bits per heavy atom. The number of nitrogens with one attached hydrogen (secondary N) is 1. The molecule has 1 aliphatic rings. The average Bonchev–Trinajstić information content (AvgIpc) is 2.55. The molecule has 0 saturated heterocycles. The highest BCUT2D eigenvalue weighted by Crippen LogP contribution is 2.29. The zero-order valence-corrected chi connectivity index (χ0v) is 14.5. The number of aryl methyl sites for hydroxylation is 1. The predicted octanol–water partition coefficient (Wildman–Crippen LogP) is 4.57. The van der Waals surface area contributed by atoms with Crippen LogP contribution in [0.25, 0.3) is 0 Å². The summed E-state index contributed by atoms with van der Waals surface area (Å²) in [6, 6.07) is 13.8. The van der Waals surface area contributed by atoms with Crippen molar-refractivity contribution in [3.63, 3.8) is 0 Å². The molecule has 4 nitrogen and oxygen atoms in total. The molecule has 120 valence electrons. The second-order valence-corrected chi connectivity index (χ2v) is 6.91. The van der Waals surface area contributed by atoms with E-state index in [2.05, 4.69) is 46.4 Å². The molecule has 2 atom stereocenters. The van der Waals surface area contributed by atoms with E-state index in [4.69, 9.17) is 0 Å². The lowest BCUT2D eigenvalue weighted by molar-refractivity contribution is -0.384. The fourth-order valence-corrected chi connectivity index (χ4v) is 3.79. The summed E-state index contributed by atoms with van der Waals surface area (Å²) in [5, 5.41) is 14.4. The van der Waals surface area contributed by atoms with Gasteiger partial charge in [-0.25, -0.2) is 0 Å². The maximum Gasteiger partial charge on any atom is 0.269 e. The van der Waals surface area contributed by atoms with Gasteiger partial charge < -0.3 is 5.32 Å². The lowest BCUT2D eigenvalue weighted by Crippen LogP contribution is -2.36. The number of nitrogens with zero attached hydrogens (tertiary/aromatic N) is 1. The Morgan fingerprint density at radius 3 is 2.70 bits per heavy atom. The third-order valence-corrected chi connectivity index (χ3v) is 5.26. The number of fused-ring (bicyclic) bond motifs is 1. The van der Waals surface area contributed by atoms with Crippen molar-refractivity contribution in [3.05, 3.63) is 73.7 Å². The third-order valence-electron chi connectivity index (χ3n) is 4.52. The van der Waals surface area contributed by atoms with E-state index in [-0.39, 0.29) is 16.7 Å². The van der Waals surface area contributed by atoms with E-state index >= 15 is 0 Å². The van der Waals surface area contributed by atoms with Gasteiger partial charge >= 0.3 is 0 Å². The fourth-order valence-electron chi connectivity index (χ4n) is 3.22. The van der Waals surface area contributed by atoms with Crippen molar-refractivity contribution in [1.82, 2.24) is 5.32 Å². The molecule has 23 heavy (non-hydrogen) atoms. The molecule has 0 saturated carbocycles. The number of nitro groups is 1. The Kier molecular flexibility index (Phi) is 4.78. The Balaban J connectivity index is 1.68. The van der Waals surface area contributed by atoms with Crippen LogP contribution in [0.5, 0.6) is 0 Å². The van der Waals surface area contributed by atoms with Crippen molar-refractivity contribution in [3.8, 4) is 0 Å². The zero-order valence-electron chi connectivity index (χ0n) is 13.0. The van der Waals surface area contributed by atoms with E-state index in [0.29, 0.717) is 6.04 Å². The van der Waals surface area contributed by atoms with Crippen LogP contribution in [-0.2, 0) is 12.8 Å². The van der Waals surface area contributed by atoms with Gasteiger partial charge in [0.2, 0.25) is 0 Å². The highest BCUT2D eigenvalue weighted by Gasteiger charge is 2.22. The fraction of sp³-hybridized carbons (Fsp3) is 0.333. The van der Waals surface area contributed by atoms with Crippen molar-refractivity contribution in [2.75, 3.05) is 0 Å². The van der Waals surface area contributed by atoms with Crippen LogP contribution in [0.3, 0.4) is 0 Å². The van der Waals surface area contributed by atoms with Crippen LogP contribution in [0.4, 0.5) is 5.69 Å². The molecule has 0 amide bonds. The number of benzene rings is 2. The molecule has 3 rings (SSSR count). The molecule has 5 heteroatoms. The highest BCUT2D eigenvalue weighted by molar-refractivity contribution is 9.10. The number of hydrogen-bond donors (Lipinski definition) is 1. The monoisotopic (exact) mass is 374 g/mol. The van der Waals surface area contributed by atoms with Crippen LogP contribution in [0.2, 0.25) is 0 Å². The minimum absolute atomic E-state index is 0.136. The minimum Gasteiger partial charge on any atom is -0.307 e. The summed E-state index contributed by atoms with van der Waals surface area (Å²) in [6.07, 6.45) is 3.20. The molecular formula is C18H19BrN2O2. The molecule has 0 spiro atoms. The van der Waals surface area contributed by atoms with Crippen LogP contribution in [0, 0.1) is 10.1 Å². The topological polar surface area (TPSA) is 55.2 Å². The number of halogens is 1. The summed E-state index contributed by atoms with van der Waals surface area (Å²) < 4.78 is 1.18. The van der Waals surface area contributed by atoms with Gasteiger partial charge in [-0.2, -0.15) is 0 Å². The van der Waals surface area contributed by atoms with Crippen LogP contribution >= 0.6 is 15.9 Å². The lowest BCUT2D eigenvalue weighted by atomic mass is 9.87. The van der Waals surface area contributed by atoms with Crippen LogP contribution in [0.1, 0.15) is 36.1 Å². The molecule has 2 aromatic rings. The summed E-state index contributed by atoms with van der Waals surface area (Å²) >= 11 is 3.65. The van der Waals surface area contributed by atoms with Crippen molar-refractivity contribution in [2.45, 2.75) is 38.3 Å². The number of rotatable bonds is 4. The first kappa shape index (κ1) is 16.1. The molecular weight excluding hydrogens is 356 g/mol. The summed E-state index contributed by atoms with van der Waals surface area (Å²) in [7, 11) is 0. The van der Waals surface area contributed by atoms with Gasteiger partial charge in [0.05, 0.1) is 4.92 Å². The van der Waals surface area contributed by atoms with Crippen molar-refractivity contribution in [1.29, 1.82) is 0 Å². The zero-order chi connectivity index (χ0) is 16.4. The van der Waals surface area contributed by atoms with Gasteiger partial charge in [-0.05, 0) is 48.9 Å². The molecule has 0 bridgehead atoms. The van der Waals surface area contributed by atoms with Gasteiger partial charge in [-0.1, -0.05) is 40.2 Å².